The number of nitrogens with one attached hydrogen (secondary N) is 1. The van der Waals surface area contributed by atoms with Gasteiger partial charge in [0, 0.05) is 70.8 Å². The Bertz CT molecular complexity index is 698. The van der Waals surface area contributed by atoms with Crippen LogP contribution in [-0.2, 0) is 9.47 Å². The van der Waals surface area contributed by atoms with E-state index in [1.54, 1.807) is 7.11 Å². The van der Waals surface area contributed by atoms with Crippen LogP contribution in [0.3, 0.4) is 0 Å². The first-order chi connectivity index (χ1) is 14.6. The molecule has 0 aromatic heterocycles. The fraction of sp³-hybridized carbons (Fsp3) is 0.696. The molecule has 0 spiro atoms. The molecule has 0 aliphatic carbocycles. The largest absolute Gasteiger partial charge is 0.385 e. The summed E-state index contributed by atoms with van der Waals surface area (Å²) in [6.45, 7) is 8.79. The van der Waals surface area contributed by atoms with E-state index < -0.39 is 0 Å². The van der Waals surface area contributed by atoms with Gasteiger partial charge in [-0.1, -0.05) is 17.7 Å². The molecule has 2 saturated heterocycles. The molecular weight excluding hydrogens is 527 g/mol. The Morgan fingerprint density at radius 2 is 1.97 bits per heavy atom. The molecule has 2 aliphatic heterocycles. The van der Waals surface area contributed by atoms with Crippen molar-refractivity contribution in [1.29, 1.82) is 0 Å². The van der Waals surface area contributed by atoms with Gasteiger partial charge in [0.15, 0.2) is 5.96 Å². The lowest BCUT2D eigenvalue weighted by molar-refractivity contribution is 0.00989. The number of anilines is 1. The van der Waals surface area contributed by atoms with Gasteiger partial charge in [-0.2, -0.15) is 0 Å². The van der Waals surface area contributed by atoms with E-state index >= 15 is 0 Å². The lowest BCUT2D eigenvalue weighted by Crippen LogP contribution is -2.48. The topological polar surface area (TPSA) is 49.3 Å². The van der Waals surface area contributed by atoms with E-state index in [0.717, 1.165) is 76.2 Å². The van der Waals surface area contributed by atoms with Crippen LogP contribution in [0.2, 0.25) is 5.02 Å². The maximum Gasteiger partial charge on any atom is 0.193 e. The highest BCUT2D eigenvalue weighted by molar-refractivity contribution is 14.0. The van der Waals surface area contributed by atoms with Crippen molar-refractivity contribution in [3.05, 3.63) is 28.8 Å². The summed E-state index contributed by atoms with van der Waals surface area (Å²) in [6.07, 6.45) is 4.62. The first-order valence-corrected chi connectivity index (χ1v) is 11.6. The molecule has 0 amide bonds. The fourth-order valence-corrected chi connectivity index (χ4v) is 4.56. The third-order valence-electron chi connectivity index (χ3n) is 6.15. The summed E-state index contributed by atoms with van der Waals surface area (Å²) < 4.78 is 11.1. The number of piperidine rings is 1. The number of nitrogens with zero attached hydrogens (tertiary/aromatic N) is 3. The second-order valence-electron chi connectivity index (χ2n) is 8.36. The summed E-state index contributed by atoms with van der Waals surface area (Å²) in [7, 11) is 3.62. The maximum absolute atomic E-state index is 6.22. The molecule has 2 fully saturated rings. The van der Waals surface area contributed by atoms with Gasteiger partial charge in [0.05, 0.1) is 6.10 Å². The zero-order valence-corrected chi connectivity index (χ0v) is 22.2. The van der Waals surface area contributed by atoms with E-state index in [1.807, 2.05) is 13.1 Å². The molecule has 176 valence electrons. The van der Waals surface area contributed by atoms with Crippen molar-refractivity contribution in [3.63, 3.8) is 0 Å². The molecule has 0 radical (unpaired) electrons. The van der Waals surface area contributed by atoms with Gasteiger partial charge in [-0.15, -0.1) is 24.0 Å². The van der Waals surface area contributed by atoms with Gasteiger partial charge in [0.1, 0.15) is 0 Å². The molecule has 0 saturated carbocycles. The second-order valence-corrected chi connectivity index (χ2v) is 8.80. The smallest absolute Gasteiger partial charge is 0.193 e. The van der Waals surface area contributed by atoms with E-state index in [4.69, 9.17) is 21.1 Å². The summed E-state index contributed by atoms with van der Waals surface area (Å²) in [5, 5.41) is 4.43. The Morgan fingerprint density at radius 3 is 2.68 bits per heavy atom. The van der Waals surface area contributed by atoms with Crippen LogP contribution in [0, 0.1) is 12.8 Å². The van der Waals surface area contributed by atoms with Gasteiger partial charge in [-0.05, 0) is 56.2 Å². The highest BCUT2D eigenvalue weighted by Gasteiger charge is 2.26. The monoisotopic (exact) mass is 564 g/mol. The lowest BCUT2D eigenvalue weighted by Gasteiger charge is -2.34. The summed E-state index contributed by atoms with van der Waals surface area (Å²) in [6, 6.07) is 6.16. The molecule has 1 unspecified atom stereocenters. The number of benzene rings is 1. The minimum absolute atomic E-state index is 0. The zero-order valence-electron chi connectivity index (χ0n) is 19.1. The number of ether oxygens (including phenoxy) is 2. The molecule has 0 bridgehead atoms. The average Bonchev–Trinajstić information content (AvgIpc) is 3.23. The number of likely N-dealkylation sites (tertiary alicyclic amines) is 1. The summed E-state index contributed by atoms with van der Waals surface area (Å²) in [5.74, 6) is 1.63. The highest BCUT2D eigenvalue weighted by atomic mass is 127. The molecule has 2 heterocycles. The van der Waals surface area contributed by atoms with Crippen molar-refractivity contribution in [2.24, 2.45) is 10.9 Å². The quantitative estimate of drug-likeness (QED) is 0.222. The van der Waals surface area contributed by atoms with E-state index in [9.17, 15) is 0 Å². The van der Waals surface area contributed by atoms with Crippen molar-refractivity contribution in [1.82, 2.24) is 10.2 Å². The lowest BCUT2D eigenvalue weighted by atomic mass is 10.1. The molecule has 3 rings (SSSR count). The van der Waals surface area contributed by atoms with E-state index in [-0.39, 0.29) is 24.0 Å². The van der Waals surface area contributed by atoms with Crippen LogP contribution < -0.4 is 10.2 Å². The van der Waals surface area contributed by atoms with Crippen LogP contribution in [0.15, 0.2) is 23.2 Å². The van der Waals surface area contributed by atoms with Crippen molar-refractivity contribution in [2.75, 3.05) is 65.0 Å². The van der Waals surface area contributed by atoms with Crippen molar-refractivity contribution in [2.45, 2.75) is 38.7 Å². The SMILES string of the molecule is CN=C(NCC1CCN(c2cc(Cl)ccc2C)C1)N1CCC(OCCCOC)CC1.I. The Labute approximate surface area is 209 Å². The van der Waals surface area contributed by atoms with Crippen LogP contribution in [0.1, 0.15) is 31.2 Å². The molecule has 8 heteroatoms. The first kappa shape index (κ1) is 26.5. The van der Waals surface area contributed by atoms with Crippen molar-refractivity contribution in [3.8, 4) is 0 Å². The third-order valence-corrected chi connectivity index (χ3v) is 6.38. The van der Waals surface area contributed by atoms with Gasteiger partial charge >= 0.3 is 0 Å². The summed E-state index contributed by atoms with van der Waals surface area (Å²) in [5.41, 5.74) is 2.55. The van der Waals surface area contributed by atoms with Crippen LogP contribution in [-0.4, -0.2) is 77.1 Å². The molecule has 1 aromatic rings. The Kier molecular flexibility index (Phi) is 11.7. The normalized spacial score (nSPS) is 20.1. The molecule has 1 atom stereocenters. The fourth-order valence-electron chi connectivity index (χ4n) is 4.40. The van der Waals surface area contributed by atoms with E-state index in [0.29, 0.717) is 12.0 Å². The average molecular weight is 565 g/mol. The highest BCUT2D eigenvalue weighted by Crippen LogP contribution is 2.29. The van der Waals surface area contributed by atoms with Crippen molar-refractivity contribution >= 4 is 47.2 Å². The van der Waals surface area contributed by atoms with Crippen molar-refractivity contribution < 1.29 is 9.47 Å². The van der Waals surface area contributed by atoms with Gasteiger partial charge in [0.25, 0.3) is 0 Å². The van der Waals surface area contributed by atoms with Gasteiger partial charge in [0.2, 0.25) is 0 Å². The minimum atomic E-state index is 0. The first-order valence-electron chi connectivity index (χ1n) is 11.2. The number of aryl methyl sites for hydroxylation is 1. The van der Waals surface area contributed by atoms with Gasteiger partial charge in [-0.3, -0.25) is 4.99 Å². The molecule has 1 N–H and O–H groups in total. The van der Waals surface area contributed by atoms with Gasteiger partial charge < -0.3 is 24.6 Å². The molecular formula is C23H38ClIN4O2. The number of aliphatic imine (C=N–C) groups is 1. The predicted octanol–water partition coefficient (Wildman–Crippen LogP) is 4.19. The summed E-state index contributed by atoms with van der Waals surface area (Å²) >= 11 is 6.22. The van der Waals surface area contributed by atoms with Crippen LogP contribution in [0.4, 0.5) is 5.69 Å². The molecule has 1 aromatic carbocycles. The zero-order chi connectivity index (χ0) is 21.3. The van der Waals surface area contributed by atoms with Crippen LogP contribution in [0.5, 0.6) is 0 Å². The number of rotatable bonds is 8. The Hall–Kier alpha value is -0.770. The van der Waals surface area contributed by atoms with Gasteiger partial charge in [-0.25, -0.2) is 0 Å². The van der Waals surface area contributed by atoms with Crippen LogP contribution >= 0.6 is 35.6 Å². The summed E-state index contributed by atoms with van der Waals surface area (Å²) in [4.78, 5) is 9.36. The second kappa shape index (κ2) is 13.7. The minimum Gasteiger partial charge on any atom is -0.385 e. The number of halogens is 2. The number of methoxy groups -OCH3 is 1. The molecule has 2 aliphatic rings. The standard InChI is InChI=1S/C23H37ClN4O2.HI/c1-18-5-6-20(24)15-22(18)28-10-7-19(17-28)16-26-23(25-2)27-11-8-21(9-12-27)30-14-4-13-29-3;/h5-6,15,19,21H,4,7-14,16-17H2,1-3H3,(H,25,26);1H. The maximum atomic E-state index is 6.22. The number of guanidine groups is 1. The number of hydrogen-bond acceptors (Lipinski definition) is 4. The third kappa shape index (κ3) is 7.94. The Balaban J connectivity index is 0.00000341. The molecule has 6 nitrogen and oxygen atoms in total. The Morgan fingerprint density at radius 1 is 1.19 bits per heavy atom. The van der Waals surface area contributed by atoms with Crippen LogP contribution in [0.25, 0.3) is 0 Å². The number of hydrogen-bond donors (Lipinski definition) is 1. The van der Waals surface area contributed by atoms with E-state index in [1.165, 1.54) is 17.7 Å². The molecule has 31 heavy (non-hydrogen) atoms. The van der Waals surface area contributed by atoms with E-state index in [2.05, 4.69) is 39.2 Å². The predicted molar refractivity (Wildman–Crippen MR) is 140 cm³/mol.